The number of nitrogens with zero attached hydrogens (tertiary/aromatic N) is 4. The van der Waals surface area contributed by atoms with Gasteiger partial charge in [0, 0.05) is 10.0 Å². The van der Waals surface area contributed by atoms with Gasteiger partial charge >= 0.3 is 0 Å². The number of nitriles is 2. The first kappa shape index (κ1) is 17.3. The van der Waals surface area contributed by atoms with Gasteiger partial charge in [-0.15, -0.1) is 0 Å². The number of nitrogens with two attached hydrogens (primary N) is 2. The topological polar surface area (TPSA) is 158 Å². The molecule has 0 radical (unpaired) electrons. The number of fused-ring (bicyclic) bond motifs is 1. The number of guanidine groups is 1. The number of anilines is 3. The first-order chi connectivity index (χ1) is 12.5. The fraction of sp³-hybridized carbons (Fsp3) is 0.125. The second-order valence-corrected chi connectivity index (χ2v) is 6.14. The number of hydrogen-bond donors (Lipinski definition) is 4. The summed E-state index contributed by atoms with van der Waals surface area (Å²) >= 11 is 3.50. The van der Waals surface area contributed by atoms with Crippen LogP contribution < -0.4 is 26.8 Å². The van der Waals surface area contributed by atoms with E-state index in [4.69, 9.17) is 21.5 Å². The second kappa shape index (κ2) is 6.78. The van der Waals surface area contributed by atoms with Crippen molar-refractivity contribution in [3.05, 3.63) is 39.4 Å². The molecule has 0 spiro atoms. The summed E-state index contributed by atoms with van der Waals surface area (Å²) in [4.78, 5) is 8.71. The molecular weight excluding hydrogens is 400 g/mol. The lowest BCUT2D eigenvalue weighted by Gasteiger charge is -2.26. The van der Waals surface area contributed by atoms with E-state index < -0.39 is 6.04 Å². The van der Waals surface area contributed by atoms with Crippen LogP contribution >= 0.6 is 15.9 Å². The standard InChI is InChI=1S/C16H13BrN8O/c1-26-7-2-3-8(10(17)4-7)13-11-12(20)9(5-18)14(21)24-15(11)25-16(23-13)22-6-19/h2-4,13H,1H3,(H6,20,21,22,23,24,25). The maximum atomic E-state index is 9.33. The maximum Gasteiger partial charge on any atom is 0.211 e. The Morgan fingerprint density at radius 1 is 1.35 bits per heavy atom. The van der Waals surface area contributed by atoms with Crippen molar-refractivity contribution in [3.8, 4) is 18.0 Å². The quantitative estimate of drug-likeness (QED) is 0.429. The smallest absolute Gasteiger partial charge is 0.211 e. The molecule has 2 aromatic rings. The lowest BCUT2D eigenvalue weighted by molar-refractivity contribution is 0.414. The van der Waals surface area contributed by atoms with E-state index in [9.17, 15) is 5.26 Å². The van der Waals surface area contributed by atoms with Crippen molar-refractivity contribution in [2.75, 3.05) is 23.9 Å². The van der Waals surface area contributed by atoms with Crippen LogP contribution in [0.5, 0.6) is 5.75 Å². The van der Waals surface area contributed by atoms with Crippen LogP contribution in [-0.4, -0.2) is 18.1 Å². The predicted molar refractivity (Wildman–Crippen MR) is 100 cm³/mol. The molecule has 1 unspecified atom stereocenters. The summed E-state index contributed by atoms with van der Waals surface area (Å²) in [6.45, 7) is 0. The molecular formula is C16H13BrN8O. The number of aromatic nitrogens is 1. The van der Waals surface area contributed by atoms with Crippen LogP contribution in [0.2, 0.25) is 0 Å². The molecule has 0 bridgehead atoms. The lowest BCUT2D eigenvalue weighted by Crippen LogP contribution is -2.32. The van der Waals surface area contributed by atoms with E-state index in [1.165, 1.54) is 0 Å². The Bertz CT molecular complexity index is 1000. The number of halogens is 1. The summed E-state index contributed by atoms with van der Waals surface area (Å²) < 4.78 is 5.94. The molecule has 10 heteroatoms. The molecule has 1 aliphatic heterocycles. The van der Waals surface area contributed by atoms with Crippen molar-refractivity contribution in [1.82, 2.24) is 10.3 Å². The number of rotatable bonds is 2. The average molecular weight is 413 g/mol. The SMILES string of the molecule is COc1ccc(C2N=C(NC#N)Nc3nc(N)c(C#N)c(N)c32)c(Br)c1. The molecule has 0 saturated heterocycles. The van der Waals surface area contributed by atoms with Gasteiger partial charge in [0.05, 0.1) is 12.8 Å². The van der Waals surface area contributed by atoms with Crippen molar-refractivity contribution >= 4 is 39.2 Å². The monoisotopic (exact) mass is 412 g/mol. The molecule has 3 rings (SSSR count). The Labute approximate surface area is 157 Å². The first-order valence-corrected chi connectivity index (χ1v) is 8.11. The fourth-order valence-electron chi connectivity index (χ4n) is 2.66. The molecule has 1 atom stereocenters. The van der Waals surface area contributed by atoms with Crippen molar-refractivity contribution in [3.63, 3.8) is 0 Å². The van der Waals surface area contributed by atoms with Gasteiger partial charge in [0.2, 0.25) is 5.96 Å². The molecule has 0 fully saturated rings. The third-order valence-electron chi connectivity index (χ3n) is 3.86. The highest BCUT2D eigenvalue weighted by atomic mass is 79.9. The summed E-state index contributed by atoms with van der Waals surface area (Å²) in [5, 5.41) is 23.6. The molecule has 0 amide bonds. The summed E-state index contributed by atoms with van der Waals surface area (Å²) in [6.07, 6.45) is 1.81. The highest BCUT2D eigenvalue weighted by molar-refractivity contribution is 9.10. The maximum absolute atomic E-state index is 9.33. The van der Waals surface area contributed by atoms with Crippen LogP contribution in [0.4, 0.5) is 17.3 Å². The normalized spacial score (nSPS) is 14.9. The minimum atomic E-state index is -0.609. The Kier molecular flexibility index (Phi) is 4.52. The number of hydrogen-bond acceptors (Lipinski definition) is 9. The Morgan fingerprint density at radius 2 is 2.12 bits per heavy atom. The minimum absolute atomic E-state index is 0.00186. The van der Waals surface area contributed by atoms with Crippen molar-refractivity contribution in [1.29, 1.82) is 10.5 Å². The predicted octanol–water partition coefficient (Wildman–Crippen LogP) is 1.83. The van der Waals surface area contributed by atoms with E-state index in [1.807, 2.05) is 18.3 Å². The third kappa shape index (κ3) is 2.83. The molecule has 130 valence electrons. The molecule has 0 aliphatic carbocycles. The zero-order valence-electron chi connectivity index (χ0n) is 13.5. The van der Waals surface area contributed by atoms with E-state index in [0.29, 0.717) is 17.1 Å². The van der Waals surface area contributed by atoms with Gasteiger partial charge in [0.15, 0.2) is 6.19 Å². The molecule has 1 aromatic carbocycles. The zero-order valence-corrected chi connectivity index (χ0v) is 15.1. The van der Waals surface area contributed by atoms with Crippen molar-refractivity contribution in [2.45, 2.75) is 6.04 Å². The van der Waals surface area contributed by atoms with E-state index >= 15 is 0 Å². The zero-order chi connectivity index (χ0) is 18.8. The second-order valence-electron chi connectivity index (χ2n) is 5.29. The van der Waals surface area contributed by atoms with Gasteiger partial charge < -0.3 is 21.5 Å². The fourth-order valence-corrected chi connectivity index (χ4v) is 3.24. The molecule has 1 aromatic heterocycles. The van der Waals surface area contributed by atoms with Gasteiger partial charge in [-0.1, -0.05) is 22.0 Å². The van der Waals surface area contributed by atoms with E-state index in [-0.39, 0.29) is 23.0 Å². The van der Waals surface area contributed by atoms with Crippen LogP contribution in [0, 0.1) is 22.8 Å². The molecule has 2 heterocycles. The number of aliphatic imine (C=N–C) groups is 1. The van der Waals surface area contributed by atoms with Crippen molar-refractivity contribution < 1.29 is 4.74 Å². The van der Waals surface area contributed by atoms with Gasteiger partial charge in [-0.2, -0.15) is 10.5 Å². The largest absolute Gasteiger partial charge is 0.497 e. The third-order valence-corrected chi connectivity index (χ3v) is 4.55. The van der Waals surface area contributed by atoms with Crippen LogP contribution in [0.25, 0.3) is 0 Å². The van der Waals surface area contributed by atoms with E-state index in [2.05, 4.69) is 36.5 Å². The van der Waals surface area contributed by atoms with Gasteiger partial charge in [-0.25, -0.2) is 9.98 Å². The number of ether oxygens (including phenoxy) is 1. The van der Waals surface area contributed by atoms with E-state index in [0.717, 1.165) is 10.0 Å². The Hall–Kier alpha value is -3.50. The molecule has 0 saturated carbocycles. The van der Waals surface area contributed by atoms with Gasteiger partial charge in [0.25, 0.3) is 0 Å². The summed E-state index contributed by atoms with van der Waals surface area (Å²) in [6, 6.07) is 6.74. The minimum Gasteiger partial charge on any atom is -0.497 e. The number of nitrogens with one attached hydrogen (secondary N) is 2. The molecule has 6 N–H and O–H groups in total. The number of pyridine rings is 1. The van der Waals surface area contributed by atoms with Crippen molar-refractivity contribution in [2.24, 2.45) is 4.99 Å². The highest BCUT2D eigenvalue weighted by Crippen LogP contribution is 2.43. The average Bonchev–Trinajstić information content (AvgIpc) is 2.61. The molecule has 1 aliphatic rings. The van der Waals surface area contributed by atoms with E-state index in [1.54, 1.807) is 19.2 Å². The van der Waals surface area contributed by atoms with Crippen LogP contribution in [0.3, 0.4) is 0 Å². The number of nitrogen functional groups attached to an aromatic ring is 2. The Balaban J connectivity index is 2.25. The first-order valence-electron chi connectivity index (χ1n) is 7.32. The lowest BCUT2D eigenvalue weighted by atomic mass is 9.95. The number of methoxy groups -OCH3 is 1. The highest BCUT2D eigenvalue weighted by Gasteiger charge is 2.30. The van der Waals surface area contributed by atoms with Gasteiger partial charge in [-0.05, 0) is 17.7 Å². The van der Waals surface area contributed by atoms with Crippen LogP contribution in [-0.2, 0) is 0 Å². The van der Waals surface area contributed by atoms with Crippen LogP contribution in [0.15, 0.2) is 27.7 Å². The summed E-state index contributed by atoms with van der Waals surface area (Å²) in [5.74, 6) is 1.19. The van der Waals surface area contributed by atoms with Gasteiger partial charge in [-0.3, -0.25) is 5.32 Å². The van der Waals surface area contributed by atoms with Crippen LogP contribution in [0.1, 0.15) is 22.7 Å². The molecule has 9 nitrogen and oxygen atoms in total. The van der Waals surface area contributed by atoms with Gasteiger partial charge in [0.1, 0.15) is 35.1 Å². The Morgan fingerprint density at radius 3 is 2.73 bits per heavy atom. The molecule has 26 heavy (non-hydrogen) atoms. The summed E-state index contributed by atoms with van der Waals surface area (Å²) in [5.41, 5.74) is 13.6. The number of benzene rings is 1. The summed E-state index contributed by atoms with van der Waals surface area (Å²) in [7, 11) is 1.57.